The third-order valence-electron chi connectivity index (χ3n) is 3.54. The summed E-state index contributed by atoms with van der Waals surface area (Å²) in [5.41, 5.74) is 0. The van der Waals surface area contributed by atoms with E-state index in [4.69, 9.17) is 0 Å². The number of hydrogen-bond acceptors (Lipinski definition) is 4. The Morgan fingerprint density at radius 2 is 2.18 bits per heavy atom. The summed E-state index contributed by atoms with van der Waals surface area (Å²) in [7, 11) is 0. The van der Waals surface area contributed by atoms with Crippen LogP contribution in [0.5, 0.6) is 0 Å². The summed E-state index contributed by atoms with van der Waals surface area (Å²) in [6.07, 6.45) is 2.05. The van der Waals surface area contributed by atoms with Crippen LogP contribution in [0.1, 0.15) is 12.8 Å². The predicted octanol–water partition coefficient (Wildman–Crippen LogP) is -3.07. The van der Waals surface area contributed by atoms with E-state index in [9.17, 15) is 10.2 Å². The van der Waals surface area contributed by atoms with Crippen LogP contribution in [0.3, 0.4) is 0 Å². The summed E-state index contributed by atoms with van der Waals surface area (Å²) in [4.78, 5) is 4.82. The topological polar surface area (TPSA) is 46.9 Å². The van der Waals surface area contributed by atoms with Crippen LogP contribution in [0, 0.1) is 0 Å². The summed E-state index contributed by atoms with van der Waals surface area (Å²) < 4.78 is 3.08. The van der Waals surface area contributed by atoms with Gasteiger partial charge < -0.3 is 0 Å². The van der Waals surface area contributed by atoms with E-state index in [1.165, 1.54) is 17.5 Å². The molecule has 2 saturated heterocycles. The van der Waals surface area contributed by atoms with E-state index in [0.717, 1.165) is 28.0 Å². The first-order valence-electron chi connectivity index (χ1n) is 6.12. The number of nitrogens with zero attached hydrogens (tertiary/aromatic N) is 2. The number of alkyl halides is 3. The van der Waals surface area contributed by atoms with E-state index in [1.807, 2.05) is 0 Å². The Bertz CT molecular complexity index is 234. The molecule has 102 valence electrons. The molecule has 0 aliphatic carbocycles. The molecule has 0 aromatic carbocycles. The van der Waals surface area contributed by atoms with Crippen molar-refractivity contribution in [2.24, 2.45) is 0 Å². The van der Waals surface area contributed by atoms with Gasteiger partial charge in [-0.05, 0) is 0 Å². The molecule has 3 atom stereocenters. The Hall–Kier alpha value is 1.30. The van der Waals surface area contributed by atoms with Crippen molar-refractivity contribution < 1.29 is 31.4 Å². The second kappa shape index (κ2) is 7.18. The zero-order valence-electron chi connectivity index (χ0n) is 9.93. The average Bonchev–Trinajstić information content (AvgIpc) is 2.92. The fourth-order valence-electron chi connectivity index (χ4n) is 2.49. The van der Waals surface area contributed by atoms with Gasteiger partial charge in [-0.1, -0.05) is 0 Å². The Kier molecular flexibility index (Phi) is 6.21. The molecule has 0 radical (unpaired) electrons. The number of likely N-dealkylation sites (tertiary alicyclic amines) is 2. The Morgan fingerprint density at radius 3 is 2.71 bits per heavy atom. The summed E-state index contributed by atoms with van der Waals surface area (Å²) >= 11 is 2.57. The van der Waals surface area contributed by atoms with E-state index in [1.54, 1.807) is 0 Å². The van der Waals surface area contributed by atoms with Crippen molar-refractivity contribution >= 4 is 22.6 Å². The van der Waals surface area contributed by atoms with Crippen LogP contribution in [-0.4, -0.2) is 71.4 Å². The van der Waals surface area contributed by atoms with E-state index >= 15 is 0 Å². The zero-order valence-corrected chi connectivity index (χ0v) is 14.2. The van der Waals surface area contributed by atoms with Crippen molar-refractivity contribution in [2.45, 2.75) is 28.9 Å². The van der Waals surface area contributed by atoms with Crippen molar-refractivity contribution in [3.8, 4) is 0 Å². The number of rotatable bonds is 5. The van der Waals surface area contributed by atoms with E-state index < -0.39 is 0 Å². The van der Waals surface area contributed by atoms with Gasteiger partial charge in [0.25, 0.3) is 0 Å². The minimum atomic E-state index is -0.0846. The van der Waals surface area contributed by atoms with Gasteiger partial charge in [0.05, 0.1) is 0 Å². The molecule has 17 heavy (non-hydrogen) atoms. The van der Waals surface area contributed by atoms with Crippen molar-refractivity contribution in [2.75, 3.05) is 35.3 Å². The first-order valence-corrected chi connectivity index (χ1v) is 10.4. The predicted molar refractivity (Wildman–Crippen MR) is 71.9 cm³/mol. The number of halogens is 2. The first kappa shape index (κ1) is 14.7. The Morgan fingerprint density at radius 1 is 1.35 bits per heavy atom. The molecule has 0 aromatic heterocycles. The third kappa shape index (κ3) is 4.13. The van der Waals surface area contributed by atoms with Crippen LogP contribution >= 0.6 is 22.6 Å². The van der Waals surface area contributed by atoms with Crippen molar-refractivity contribution in [1.82, 2.24) is 9.80 Å². The SMILES string of the molecule is OCC1CC([I-]CN2CCC(O)C2)CN1CI. The average molecular weight is 467 g/mol. The molecule has 3 unspecified atom stereocenters. The van der Waals surface area contributed by atoms with Crippen molar-refractivity contribution in [1.29, 1.82) is 0 Å². The van der Waals surface area contributed by atoms with Gasteiger partial charge >= 0.3 is 128 Å². The van der Waals surface area contributed by atoms with E-state index in [0.29, 0.717) is 12.6 Å². The monoisotopic (exact) mass is 467 g/mol. The molecule has 6 heteroatoms. The van der Waals surface area contributed by atoms with Gasteiger partial charge in [0, 0.05) is 0 Å². The van der Waals surface area contributed by atoms with Gasteiger partial charge in [-0.25, -0.2) is 0 Å². The fourth-order valence-corrected chi connectivity index (χ4v) is 6.79. The Balaban J connectivity index is 1.70. The summed E-state index contributed by atoms with van der Waals surface area (Å²) in [5.74, 6) is 0. The van der Waals surface area contributed by atoms with Gasteiger partial charge in [0.15, 0.2) is 0 Å². The quantitative estimate of drug-likeness (QED) is 0.256. The van der Waals surface area contributed by atoms with Gasteiger partial charge in [-0.2, -0.15) is 0 Å². The van der Waals surface area contributed by atoms with E-state index in [2.05, 4.69) is 32.4 Å². The summed E-state index contributed by atoms with van der Waals surface area (Å²) in [5, 5.41) is 18.8. The molecule has 0 saturated carbocycles. The number of β-amino-alcohol motifs (C(OH)–C–C–N with tert-alkyl or cyclic N) is 1. The molecule has 2 N–H and O–H groups in total. The summed E-state index contributed by atoms with van der Waals surface area (Å²) in [6, 6.07) is 0.403. The molecule has 2 aliphatic rings. The molecular weight excluding hydrogens is 446 g/mol. The standard InChI is InChI=1S/C11H21I2N2O2/c12-7-15-4-9(3-10(15)6-16)13-8-14-2-1-11(17)5-14/h9-11,16-17H,1-8H2/q-1. The minimum absolute atomic E-state index is 0.0846. The van der Waals surface area contributed by atoms with Crippen LogP contribution in [0.25, 0.3) is 0 Å². The first-order chi connectivity index (χ1) is 8.22. The van der Waals surface area contributed by atoms with Gasteiger partial charge in [0.1, 0.15) is 0 Å². The molecule has 0 bridgehead atoms. The van der Waals surface area contributed by atoms with Crippen LogP contribution in [0.4, 0.5) is 0 Å². The van der Waals surface area contributed by atoms with Crippen LogP contribution < -0.4 is 21.2 Å². The van der Waals surface area contributed by atoms with Crippen LogP contribution in [0.2, 0.25) is 0 Å². The maximum atomic E-state index is 9.48. The second-order valence-electron chi connectivity index (χ2n) is 4.85. The molecular formula is C11H21I2N2O2-. The molecule has 2 aliphatic heterocycles. The normalized spacial score (nSPS) is 36.1. The van der Waals surface area contributed by atoms with Gasteiger partial charge in [-0.3, -0.25) is 0 Å². The molecule has 2 fully saturated rings. The number of aliphatic hydroxyl groups excluding tert-OH is 2. The molecule has 4 nitrogen and oxygen atoms in total. The van der Waals surface area contributed by atoms with E-state index in [-0.39, 0.29) is 27.3 Å². The molecule has 0 amide bonds. The van der Waals surface area contributed by atoms with Gasteiger partial charge in [0.2, 0.25) is 0 Å². The Labute approximate surface area is 127 Å². The maximum absolute atomic E-state index is 9.48. The molecule has 2 rings (SSSR count). The summed E-state index contributed by atoms with van der Waals surface area (Å²) in [6.45, 7) is 3.45. The number of hydrogen-bond donors (Lipinski definition) is 2. The molecule has 2 heterocycles. The number of aliphatic hydroxyl groups is 2. The van der Waals surface area contributed by atoms with Crippen molar-refractivity contribution in [3.05, 3.63) is 0 Å². The third-order valence-corrected chi connectivity index (χ3v) is 7.93. The van der Waals surface area contributed by atoms with Crippen LogP contribution in [-0.2, 0) is 0 Å². The zero-order chi connectivity index (χ0) is 12.3. The molecule has 0 spiro atoms. The second-order valence-corrected chi connectivity index (χ2v) is 8.86. The fraction of sp³-hybridized carbons (Fsp3) is 1.00. The van der Waals surface area contributed by atoms with Crippen LogP contribution in [0.15, 0.2) is 0 Å². The van der Waals surface area contributed by atoms with Crippen molar-refractivity contribution in [3.63, 3.8) is 0 Å². The molecule has 0 aromatic rings. The van der Waals surface area contributed by atoms with Gasteiger partial charge in [-0.15, -0.1) is 0 Å².